The zero-order valence-corrected chi connectivity index (χ0v) is 13.2. The van der Waals surface area contributed by atoms with Gasteiger partial charge in [-0.15, -0.1) is 0 Å². The summed E-state index contributed by atoms with van der Waals surface area (Å²) >= 11 is 0. The predicted octanol–water partition coefficient (Wildman–Crippen LogP) is 4.50. The van der Waals surface area contributed by atoms with Gasteiger partial charge < -0.3 is 9.64 Å². The van der Waals surface area contributed by atoms with Gasteiger partial charge in [0, 0.05) is 0 Å². The van der Waals surface area contributed by atoms with Gasteiger partial charge in [-0.1, -0.05) is 19.8 Å². The number of benzene rings is 1. The summed E-state index contributed by atoms with van der Waals surface area (Å²) in [6.07, 6.45) is 7.69. The molecule has 0 bridgehead atoms. The van der Waals surface area contributed by atoms with E-state index < -0.39 is 0 Å². The van der Waals surface area contributed by atoms with Crippen molar-refractivity contribution >= 4 is 0 Å². The van der Waals surface area contributed by atoms with Crippen LogP contribution in [0, 0.1) is 11.7 Å². The summed E-state index contributed by atoms with van der Waals surface area (Å²) in [5.74, 6) is 1.35. The molecule has 1 fully saturated rings. The van der Waals surface area contributed by atoms with Crippen molar-refractivity contribution in [1.29, 1.82) is 0 Å². The standard InChI is InChI=1S/C18H28FNO/c1-2-3-4-12-20-13-9-16(10-14-20)11-15-21-18-7-5-17(19)6-8-18/h5-8,16H,2-4,9-15H2,1H3. The fourth-order valence-electron chi connectivity index (χ4n) is 2.96. The number of rotatable bonds is 8. The van der Waals surface area contributed by atoms with Crippen molar-refractivity contribution < 1.29 is 9.13 Å². The molecule has 0 aromatic heterocycles. The monoisotopic (exact) mass is 293 g/mol. The minimum atomic E-state index is -0.210. The maximum Gasteiger partial charge on any atom is 0.123 e. The van der Waals surface area contributed by atoms with Crippen molar-refractivity contribution in [1.82, 2.24) is 4.90 Å². The van der Waals surface area contributed by atoms with Gasteiger partial charge in [0.2, 0.25) is 0 Å². The molecule has 0 saturated carbocycles. The summed E-state index contributed by atoms with van der Waals surface area (Å²) in [4.78, 5) is 2.60. The molecule has 1 aromatic rings. The number of unbranched alkanes of at least 4 members (excludes halogenated alkanes) is 2. The molecule has 0 spiro atoms. The first-order valence-corrected chi connectivity index (χ1v) is 8.38. The first-order chi connectivity index (χ1) is 10.3. The lowest BCUT2D eigenvalue weighted by Crippen LogP contribution is -2.34. The van der Waals surface area contributed by atoms with Gasteiger partial charge in [0.15, 0.2) is 0 Å². The summed E-state index contributed by atoms with van der Waals surface area (Å²) in [7, 11) is 0. The van der Waals surface area contributed by atoms with Crippen LogP contribution in [0.5, 0.6) is 5.75 Å². The van der Waals surface area contributed by atoms with Gasteiger partial charge in [-0.25, -0.2) is 4.39 Å². The minimum absolute atomic E-state index is 0.210. The van der Waals surface area contributed by atoms with E-state index in [2.05, 4.69) is 11.8 Å². The van der Waals surface area contributed by atoms with Gasteiger partial charge in [0.25, 0.3) is 0 Å². The van der Waals surface area contributed by atoms with E-state index in [1.54, 1.807) is 12.1 Å². The van der Waals surface area contributed by atoms with Crippen molar-refractivity contribution in [2.75, 3.05) is 26.2 Å². The Morgan fingerprint density at radius 2 is 1.86 bits per heavy atom. The Morgan fingerprint density at radius 1 is 1.14 bits per heavy atom. The fraction of sp³-hybridized carbons (Fsp3) is 0.667. The summed E-state index contributed by atoms with van der Waals surface area (Å²) in [6, 6.07) is 6.30. The molecule has 3 heteroatoms. The molecule has 1 heterocycles. The first-order valence-electron chi connectivity index (χ1n) is 8.38. The molecule has 0 atom stereocenters. The van der Waals surface area contributed by atoms with Crippen LogP contribution in [0.15, 0.2) is 24.3 Å². The summed E-state index contributed by atoms with van der Waals surface area (Å²) in [5.41, 5.74) is 0. The van der Waals surface area contributed by atoms with Gasteiger partial charge in [0.05, 0.1) is 6.61 Å². The predicted molar refractivity (Wildman–Crippen MR) is 85.2 cm³/mol. The Bertz CT molecular complexity index is 385. The number of halogens is 1. The van der Waals surface area contributed by atoms with Gasteiger partial charge >= 0.3 is 0 Å². The molecule has 1 saturated heterocycles. The summed E-state index contributed by atoms with van der Waals surface area (Å²) in [5, 5.41) is 0. The largest absolute Gasteiger partial charge is 0.494 e. The van der Waals surface area contributed by atoms with Crippen LogP contribution in [-0.4, -0.2) is 31.1 Å². The number of likely N-dealkylation sites (tertiary alicyclic amines) is 1. The third-order valence-electron chi connectivity index (χ3n) is 4.39. The molecule has 0 N–H and O–H groups in total. The lowest BCUT2D eigenvalue weighted by Gasteiger charge is -2.31. The van der Waals surface area contributed by atoms with E-state index in [4.69, 9.17) is 4.74 Å². The van der Waals surface area contributed by atoms with E-state index in [0.29, 0.717) is 0 Å². The van der Waals surface area contributed by atoms with Crippen molar-refractivity contribution in [3.63, 3.8) is 0 Å². The molecule has 0 unspecified atom stereocenters. The van der Waals surface area contributed by atoms with E-state index >= 15 is 0 Å². The highest BCUT2D eigenvalue weighted by molar-refractivity contribution is 5.21. The Kier molecular flexibility index (Phi) is 7.01. The molecular formula is C18H28FNO. The highest BCUT2D eigenvalue weighted by atomic mass is 19.1. The molecule has 0 aliphatic carbocycles. The molecule has 118 valence electrons. The third kappa shape index (κ3) is 6.04. The molecule has 1 aromatic carbocycles. The van der Waals surface area contributed by atoms with Gasteiger partial charge in [0.1, 0.15) is 11.6 Å². The van der Waals surface area contributed by atoms with Crippen LogP contribution < -0.4 is 4.74 Å². The van der Waals surface area contributed by atoms with Crippen LogP contribution in [0.1, 0.15) is 45.4 Å². The zero-order chi connectivity index (χ0) is 14.9. The van der Waals surface area contributed by atoms with E-state index in [1.165, 1.54) is 63.9 Å². The normalized spacial score (nSPS) is 17.0. The van der Waals surface area contributed by atoms with Crippen LogP contribution in [0.2, 0.25) is 0 Å². The van der Waals surface area contributed by atoms with Crippen LogP contribution in [-0.2, 0) is 0 Å². The molecule has 1 aliphatic rings. The van der Waals surface area contributed by atoms with Crippen LogP contribution in [0.4, 0.5) is 4.39 Å². The first kappa shape index (κ1) is 16.3. The van der Waals surface area contributed by atoms with Crippen molar-refractivity contribution in [2.24, 2.45) is 5.92 Å². The second kappa shape index (κ2) is 9.04. The molecule has 0 amide bonds. The second-order valence-corrected chi connectivity index (χ2v) is 6.08. The maximum absolute atomic E-state index is 12.8. The average molecular weight is 293 g/mol. The van der Waals surface area contributed by atoms with Crippen molar-refractivity contribution in [2.45, 2.75) is 45.4 Å². The Balaban J connectivity index is 1.57. The quantitative estimate of drug-likeness (QED) is 0.654. The van der Waals surface area contributed by atoms with Crippen molar-refractivity contribution in [3.8, 4) is 5.75 Å². The maximum atomic E-state index is 12.8. The zero-order valence-electron chi connectivity index (χ0n) is 13.2. The van der Waals surface area contributed by atoms with Crippen LogP contribution >= 0.6 is 0 Å². The average Bonchev–Trinajstić information content (AvgIpc) is 2.51. The van der Waals surface area contributed by atoms with Gasteiger partial charge in [-0.05, 0) is 75.5 Å². The van der Waals surface area contributed by atoms with E-state index in [0.717, 1.165) is 24.7 Å². The molecule has 1 aliphatic heterocycles. The van der Waals surface area contributed by atoms with E-state index in [9.17, 15) is 4.39 Å². The number of piperidine rings is 1. The SMILES string of the molecule is CCCCCN1CCC(CCOc2ccc(F)cc2)CC1. The minimum Gasteiger partial charge on any atom is -0.494 e. The van der Waals surface area contributed by atoms with Crippen LogP contribution in [0.25, 0.3) is 0 Å². The molecule has 2 rings (SSSR count). The summed E-state index contributed by atoms with van der Waals surface area (Å²) < 4.78 is 18.5. The van der Waals surface area contributed by atoms with Gasteiger partial charge in [-0.3, -0.25) is 0 Å². The smallest absolute Gasteiger partial charge is 0.123 e. The summed E-state index contributed by atoms with van der Waals surface area (Å²) in [6.45, 7) is 6.75. The Hall–Kier alpha value is -1.09. The second-order valence-electron chi connectivity index (χ2n) is 6.08. The number of nitrogens with zero attached hydrogens (tertiary/aromatic N) is 1. The number of hydrogen-bond donors (Lipinski definition) is 0. The van der Waals surface area contributed by atoms with Gasteiger partial charge in [-0.2, -0.15) is 0 Å². The highest BCUT2D eigenvalue weighted by Crippen LogP contribution is 2.21. The Labute approximate surface area is 128 Å². The lowest BCUT2D eigenvalue weighted by atomic mass is 9.94. The van der Waals surface area contributed by atoms with E-state index in [1.807, 2.05) is 0 Å². The Morgan fingerprint density at radius 3 is 2.52 bits per heavy atom. The van der Waals surface area contributed by atoms with Crippen molar-refractivity contribution in [3.05, 3.63) is 30.1 Å². The third-order valence-corrected chi connectivity index (χ3v) is 4.39. The lowest BCUT2D eigenvalue weighted by molar-refractivity contribution is 0.161. The molecule has 21 heavy (non-hydrogen) atoms. The van der Waals surface area contributed by atoms with Crippen LogP contribution in [0.3, 0.4) is 0 Å². The molecule has 0 radical (unpaired) electrons. The molecule has 2 nitrogen and oxygen atoms in total. The van der Waals surface area contributed by atoms with E-state index in [-0.39, 0.29) is 5.82 Å². The fourth-order valence-corrected chi connectivity index (χ4v) is 2.96. The molecular weight excluding hydrogens is 265 g/mol. The number of ether oxygens (including phenoxy) is 1. The topological polar surface area (TPSA) is 12.5 Å². The number of hydrogen-bond acceptors (Lipinski definition) is 2. The highest BCUT2D eigenvalue weighted by Gasteiger charge is 2.18.